The summed E-state index contributed by atoms with van der Waals surface area (Å²) in [5, 5.41) is 15.7. The molecule has 0 radical (unpaired) electrons. The molecule has 0 saturated heterocycles. The molecule has 0 saturated carbocycles. The average Bonchev–Trinajstić information content (AvgIpc) is 2.63. The summed E-state index contributed by atoms with van der Waals surface area (Å²) in [6.07, 6.45) is 0. The topological polar surface area (TPSA) is 110 Å². The Bertz CT molecular complexity index is 314. The second-order valence-corrected chi connectivity index (χ2v) is 4.39. The molecule has 0 aliphatic heterocycles. The fourth-order valence-electron chi connectivity index (χ4n) is 0.927. The zero-order chi connectivity index (χ0) is 11.5. The molecular weight excluding hydrogens is 196 g/mol. The molecule has 0 aromatic carbocycles. The summed E-state index contributed by atoms with van der Waals surface area (Å²) >= 11 is 0. The fourth-order valence-corrected chi connectivity index (χ4v) is 0.927. The second-order valence-electron chi connectivity index (χ2n) is 4.39. The Balaban J connectivity index is 2.43. The van der Waals surface area contributed by atoms with Gasteiger partial charge in [-0.05, 0) is 5.41 Å². The average molecular weight is 212 g/mol. The highest BCUT2D eigenvalue weighted by Crippen LogP contribution is 2.17. The lowest BCUT2D eigenvalue weighted by molar-refractivity contribution is -0.124. The largest absolute Gasteiger partial charge is 0.347 e. The molecular formula is C8H16N6O. The van der Waals surface area contributed by atoms with Gasteiger partial charge in [-0.25, -0.2) is 0 Å². The van der Waals surface area contributed by atoms with Crippen LogP contribution in [0.5, 0.6) is 0 Å². The number of H-pyrrole nitrogens is 1. The molecule has 1 aromatic heterocycles. The van der Waals surface area contributed by atoms with Crippen LogP contribution in [-0.4, -0.2) is 32.6 Å². The molecule has 1 heterocycles. The summed E-state index contributed by atoms with van der Waals surface area (Å²) in [6, 6.07) is -0.551. The van der Waals surface area contributed by atoms with Crippen molar-refractivity contribution in [2.24, 2.45) is 11.1 Å². The molecule has 1 amide bonds. The first kappa shape index (κ1) is 11.6. The number of hydrogen-bond donors (Lipinski definition) is 3. The van der Waals surface area contributed by atoms with Gasteiger partial charge in [0.15, 0.2) is 5.82 Å². The summed E-state index contributed by atoms with van der Waals surface area (Å²) in [7, 11) is 0. The minimum atomic E-state index is -0.551. The maximum Gasteiger partial charge on any atom is 0.237 e. The van der Waals surface area contributed by atoms with Gasteiger partial charge in [-0.3, -0.25) is 4.79 Å². The molecule has 4 N–H and O–H groups in total. The van der Waals surface area contributed by atoms with E-state index in [0.29, 0.717) is 5.82 Å². The summed E-state index contributed by atoms with van der Waals surface area (Å²) < 4.78 is 0. The van der Waals surface area contributed by atoms with Gasteiger partial charge < -0.3 is 11.1 Å². The van der Waals surface area contributed by atoms with Crippen molar-refractivity contribution in [2.45, 2.75) is 33.4 Å². The number of rotatable bonds is 3. The Hall–Kier alpha value is -1.50. The van der Waals surface area contributed by atoms with Gasteiger partial charge in [-0.15, -0.1) is 10.2 Å². The lowest BCUT2D eigenvalue weighted by Gasteiger charge is -2.25. The van der Waals surface area contributed by atoms with Gasteiger partial charge in [0.05, 0.1) is 12.6 Å². The van der Waals surface area contributed by atoms with E-state index < -0.39 is 6.04 Å². The van der Waals surface area contributed by atoms with Crippen molar-refractivity contribution < 1.29 is 4.79 Å². The molecule has 1 unspecified atom stereocenters. The third-order valence-corrected chi connectivity index (χ3v) is 2.03. The molecule has 84 valence electrons. The monoisotopic (exact) mass is 212 g/mol. The van der Waals surface area contributed by atoms with Crippen molar-refractivity contribution in [2.75, 3.05) is 0 Å². The SMILES string of the molecule is CC(C)(C)C(N)C(=O)NCc1nn[nH]n1. The third-order valence-electron chi connectivity index (χ3n) is 2.03. The van der Waals surface area contributed by atoms with Crippen LogP contribution in [0, 0.1) is 5.41 Å². The first-order valence-corrected chi connectivity index (χ1v) is 4.67. The van der Waals surface area contributed by atoms with Gasteiger partial charge in [-0.2, -0.15) is 5.21 Å². The number of carbonyl (C=O) groups excluding carboxylic acids is 1. The van der Waals surface area contributed by atoms with Crippen LogP contribution >= 0.6 is 0 Å². The highest BCUT2D eigenvalue weighted by atomic mass is 16.2. The zero-order valence-corrected chi connectivity index (χ0v) is 9.11. The van der Waals surface area contributed by atoms with Gasteiger partial charge in [0, 0.05) is 0 Å². The molecule has 0 aliphatic rings. The summed E-state index contributed by atoms with van der Waals surface area (Å²) in [5.74, 6) is 0.219. The van der Waals surface area contributed by atoms with Crippen LogP contribution in [-0.2, 0) is 11.3 Å². The number of nitrogens with one attached hydrogen (secondary N) is 2. The predicted octanol–water partition coefficient (Wildman–Crippen LogP) is -0.811. The Labute approximate surface area is 87.8 Å². The van der Waals surface area contributed by atoms with E-state index in [2.05, 4.69) is 25.9 Å². The molecule has 0 spiro atoms. The van der Waals surface area contributed by atoms with Gasteiger partial charge >= 0.3 is 0 Å². The summed E-state index contributed by atoms with van der Waals surface area (Å²) in [4.78, 5) is 11.6. The van der Waals surface area contributed by atoms with Gasteiger partial charge in [-0.1, -0.05) is 26.0 Å². The van der Waals surface area contributed by atoms with E-state index in [1.807, 2.05) is 20.8 Å². The van der Waals surface area contributed by atoms with E-state index in [1.54, 1.807) is 0 Å². The van der Waals surface area contributed by atoms with E-state index in [0.717, 1.165) is 0 Å². The number of carbonyl (C=O) groups is 1. The third kappa shape index (κ3) is 3.28. The zero-order valence-electron chi connectivity index (χ0n) is 9.11. The smallest absolute Gasteiger partial charge is 0.237 e. The van der Waals surface area contributed by atoms with Crippen molar-refractivity contribution in [3.8, 4) is 0 Å². The number of hydrogen-bond acceptors (Lipinski definition) is 5. The fraction of sp³-hybridized carbons (Fsp3) is 0.750. The number of aromatic amines is 1. The number of nitrogens with two attached hydrogens (primary N) is 1. The Morgan fingerprint density at radius 2 is 2.27 bits per heavy atom. The molecule has 0 bridgehead atoms. The Morgan fingerprint density at radius 1 is 1.60 bits per heavy atom. The maximum atomic E-state index is 11.6. The van der Waals surface area contributed by atoms with Crippen LogP contribution in [0.25, 0.3) is 0 Å². The lowest BCUT2D eigenvalue weighted by Crippen LogP contribution is -2.48. The van der Waals surface area contributed by atoms with Crippen LogP contribution in [0.2, 0.25) is 0 Å². The van der Waals surface area contributed by atoms with E-state index in [9.17, 15) is 4.79 Å². The van der Waals surface area contributed by atoms with E-state index in [1.165, 1.54) is 0 Å². The molecule has 0 aliphatic carbocycles. The maximum absolute atomic E-state index is 11.6. The highest BCUT2D eigenvalue weighted by molar-refractivity contribution is 5.82. The molecule has 1 atom stereocenters. The molecule has 1 aromatic rings. The molecule has 15 heavy (non-hydrogen) atoms. The molecule has 7 heteroatoms. The van der Waals surface area contributed by atoms with Crippen molar-refractivity contribution in [1.29, 1.82) is 0 Å². The van der Waals surface area contributed by atoms with Gasteiger partial charge in [0.2, 0.25) is 5.91 Å². The quantitative estimate of drug-likeness (QED) is 0.607. The predicted molar refractivity (Wildman–Crippen MR) is 53.5 cm³/mol. The van der Waals surface area contributed by atoms with Crippen molar-refractivity contribution in [3.63, 3.8) is 0 Å². The normalized spacial score (nSPS) is 13.6. The first-order chi connectivity index (χ1) is 6.91. The van der Waals surface area contributed by atoms with E-state index in [4.69, 9.17) is 5.73 Å². The number of amides is 1. The number of aromatic nitrogens is 4. The molecule has 7 nitrogen and oxygen atoms in total. The van der Waals surface area contributed by atoms with Gasteiger partial charge in [0.1, 0.15) is 0 Å². The molecule has 0 fully saturated rings. The van der Waals surface area contributed by atoms with Crippen LogP contribution in [0.3, 0.4) is 0 Å². The minimum Gasteiger partial charge on any atom is -0.347 e. The van der Waals surface area contributed by atoms with Crippen molar-refractivity contribution >= 4 is 5.91 Å². The standard InChI is InChI=1S/C8H16N6O/c1-8(2,3)6(9)7(15)10-4-5-11-13-14-12-5/h6H,4,9H2,1-3H3,(H,10,15)(H,11,12,13,14). The van der Waals surface area contributed by atoms with E-state index in [-0.39, 0.29) is 17.9 Å². The van der Waals surface area contributed by atoms with Crippen molar-refractivity contribution in [1.82, 2.24) is 25.9 Å². The number of tetrazole rings is 1. The molecule has 1 rings (SSSR count). The first-order valence-electron chi connectivity index (χ1n) is 4.67. The van der Waals surface area contributed by atoms with Crippen LogP contribution in [0.4, 0.5) is 0 Å². The van der Waals surface area contributed by atoms with Crippen LogP contribution < -0.4 is 11.1 Å². The minimum absolute atomic E-state index is 0.215. The van der Waals surface area contributed by atoms with Crippen LogP contribution in [0.1, 0.15) is 26.6 Å². The number of nitrogens with zero attached hydrogens (tertiary/aromatic N) is 3. The lowest BCUT2D eigenvalue weighted by atomic mass is 9.87. The Kier molecular flexibility index (Phi) is 3.35. The second kappa shape index (κ2) is 4.35. The van der Waals surface area contributed by atoms with E-state index >= 15 is 0 Å². The summed E-state index contributed by atoms with van der Waals surface area (Å²) in [5.41, 5.74) is 5.49. The van der Waals surface area contributed by atoms with Gasteiger partial charge in [0.25, 0.3) is 0 Å². The van der Waals surface area contributed by atoms with Crippen molar-refractivity contribution in [3.05, 3.63) is 5.82 Å². The van der Waals surface area contributed by atoms with Crippen LogP contribution in [0.15, 0.2) is 0 Å². The summed E-state index contributed by atoms with van der Waals surface area (Å²) in [6.45, 7) is 5.96. The highest BCUT2D eigenvalue weighted by Gasteiger charge is 2.27. The Morgan fingerprint density at radius 3 is 2.73 bits per heavy atom.